The third-order valence-corrected chi connectivity index (χ3v) is 3.94. The molecular weight excluding hydrogens is 222 g/mol. The molecule has 0 saturated carbocycles. The number of β-amino-alcohol motifs (C(OH)–C–C–N with tert-alkyl or cyclic N) is 1. The first-order valence-electron chi connectivity index (χ1n) is 5.50. The summed E-state index contributed by atoms with van der Waals surface area (Å²) in [5.41, 5.74) is -0.215. The van der Waals surface area contributed by atoms with Gasteiger partial charge in [0.1, 0.15) is 0 Å². The molecule has 1 N–H and O–H groups in total. The van der Waals surface area contributed by atoms with E-state index in [1.165, 1.54) is 0 Å². The second-order valence-electron chi connectivity index (χ2n) is 4.93. The molecule has 0 aliphatic carbocycles. The molecule has 16 heavy (non-hydrogen) atoms. The lowest BCUT2D eigenvalue weighted by Crippen LogP contribution is -2.43. The van der Waals surface area contributed by atoms with Crippen LogP contribution >= 0.6 is 11.3 Å². The SMILES string of the molecule is CC1(C)CC(O)CN1C(=O)Cc1cccs1. The van der Waals surface area contributed by atoms with Crippen molar-refractivity contribution in [2.75, 3.05) is 6.54 Å². The van der Waals surface area contributed by atoms with Crippen molar-refractivity contribution in [1.82, 2.24) is 4.90 Å². The van der Waals surface area contributed by atoms with E-state index in [4.69, 9.17) is 0 Å². The van der Waals surface area contributed by atoms with Crippen molar-refractivity contribution in [2.24, 2.45) is 0 Å². The van der Waals surface area contributed by atoms with Gasteiger partial charge in [-0.1, -0.05) is 6.07 Å². The highest BCUT2D eigenvalue weighted by Crippen LogP contribution is 2.29. The molecule has 2 heterocycles. The van der Waals surface area contributed by atoms with E-state index >= 15 is 0 Å². The van der Waals surface area contributed by atoms with Crippen LogP contribution in [0.3, 0.4) is 0 Å². The first kappa shape index (κ1) is 11.6. The minimum atomic E-state index is -0.373. The maximum absolute atomic E-state index is 12.1. The first-order valence-corrected chi connectivity index (χ1v) is 6.38. The zero-order valence-electron chi connectivity index (χ0n) is 9.64. The van der Waals surface area contributed by atoms with E-state index in [0.717, 1.165) is 4.88 Å². The average Bonchev–Trinajstić information content (AvgIpc) is 2.73. The number of carbonyl (C=O) groups excluding carboxylic acids is 1. The lowest BCUT2D eigenvalue weighted by atomic mass is 10.0. The van der Waals surface area contributed by atoms with Gasteiger partial charge in [0.2, 0.25) is 5.91 Å². The van der Waals surface area contributed by atoms with Gasteiger partial charge in [-0.2, -0.15) is 0 Å². The zero-order valence-corrected chi connectivity index (χ0v) is 10.5. The number of aliphatic hydroxyl groups excluding tert-OH is 1. The van der Waals surface area contributed by atoms with Gasteiger partial charge in [-0.15, -0.1) is 11.3 Å². The predicted molar refractivity (Wildman–Crippen MR) is 64.4 cm³/mol. The summed E-state index contributed by atoms with van der Waals surface area (Å²) in [6.45, 7) is 4.49. The Bertz CT molecular complexity index is 372. The number of hydrogen-bond donors (Lipinski definition) is 1. The Morgan fingerprint density at radius 1 is 1.69 bits per heavy atom. The first-order chi connectivity index (χ1) is 7.49. The molecule has 1 aromatic heterocycles. The van der Waals surface area contributed by atoms with Gasteiger partial charge in [-0.05, 0) is 31.7 Å². The van der Waals surface area contributed by atoms with Gasteiger partial charge >= 0.3 is 0 Å². The number of nitrogens with zero attached hydrogens (tertiary/aromatic N) is 1. The van der Waals surface area contributed by atoms with Gasteiger partial charge in [0.05, 0.1) is 12.5 Å². The van der Waals surface area contributed by atoms with E-state index < -0.39 is 0 Å². The molecule has 1 saturated heterocycles. The van der Waals surface area contributed by atoms with E-state index in [-0.39, 0.29) is 17.6 Å². The summed E-state index contributed by atoms with van der Waals surface area (Å²) < 4.78 is 0. The van der Waals surface area contributed by atoms with Crippen molar-refractivity contribution in [1.29, 1.82) is 0 Å². The molecule has 1 atom stereocenters. The minimum Gasteiger partial charge on any atom is -0.391 e. The molecule has 1 fully saturated rings. The van der Waals surface area contributed by atoms with E-state index in [1.807, 2.05) is 31.4 Å². The molecule has 1 aliphatic rings. The lowest BCUT2D eigenvalue weighted by Gasteiger charge is -2.31. The maximum Gasteiger partial charge on any atom is 0.228 e. The van der Waals surface area contributed by atoms with E-state index in [2.05, 4.69) is 0 Å². The van der Waals surface area contributed by atoms with Gasteiger partial charge in [0, 0.05) is 17.0 Å². The van der Waals surface area contributed by atoms with Crippen LogP contribution in [0.15, 0.2) is 17.5 Å². The highest BCUT2D eigenvalue weighted by molar-refractivity contribution is 7.10. The number of thiophene rings is 1. The van der Waals surface area contributed by atoms with Gasteiger partial charge in [0.25, 0.3) is 0 Å². The smallest absolute Gasteiger partial charge is 0.228 e. The fourth-order valence-electron chi connectivity index (χ4n) is 2.31. The largest absolute Gasteiger partial charge is 0.391 e. The van der Waals surface area contributed by atoms with Crippen molar-refractivity contribution in [3.8, 4) is 0 Å². The quantitative estimate of drug-likeness (QED) is 0.852. The Labute approximate surface area is 99.7 Å². The third-order valence-electron chi connectivity index (χ3n) is 3.07. The molecule has 1 unspecified atom stereocenters. The van der Waals surface area contributed by atoms with Crippen LogP contribution in [0.25, 0.3) is 0 Å². The standard InChI is InChI=1S/C12H17NO2S/c1-12(2)7-9(14)8-13(12)11(15)6-10-4-3-5-16-10/h3-5,9,14H,6-8H2,1-2H3. The Kier molecular flexibility index (Phi) is 3.04. The van der Waals surface area contributed by atoms with Crippen LogP contribution in [0.5, 0.6) is 0 Å². The number of amides is 1. The monoisotopic (exact) mass is 239 g/mol. The summed E-state index contributed by atoms with van der Waals surface area (Å²) in [5, 5.41) is 11.6. The van der Waals surface area contributed by atoms with Crippen LogP contribution in [0, 0.1) is 0 Å². The summed E-state index contributed by atoms with van der Waals surface area (Å²) in [7, 11) is 0. The molecule has 0 spiro atoms. The van der Waals surface area contributed by atoms with Crippen LogP contribution in [0.4, 0.5) is 0 Å². The van der Waals surface area contributed by atoms with Crippen LogP contribution in [0.1, 0.15) is 25.1 Å². The average molecular weight is 239 g/mol. The lowest BCUT2D eigenvalue weighted by molar-refractivity contribution is -0.133. The van der Waals surface area contributed by atoms with Crippen LogP contribution < -0.4 is 0 Å². The molecule has 3 nitrogen and oxygen atoms in total. The third kappa shape index (κ3) is 2.28. The molecule has 0 aromatic carbocycles. The summed E-state index contributed by atoms with van der Waals surface area (Å²) in [5.74, 6) is 0.115. The number of carbonyl (C=O) groups is 1. The number of aliphatic hydroxyl groups is 1. The Hall–Kier alpha value is -0.870. The molecule has 1 amide bonds. The van der Waals surface area contributed by atoms with E-state index in [1.54, 1.807) is 16.2 Å². The van der Waals surface area contributed by atoms with Crippen molar-refractivity contribution in [2.45, 2.75) is 38.3 Å². The van der Waals surface area contributed by atoms with Crippen LogP contribution in [-0.2, 0) is 11.2 Å². The van der Waals surface area contributed by atoms with Crippen molar-refractivity contribution >= 4 is 17.2 Å². The second-order valence-corrected chi connectivity index (χ2v) is 5.96. The molecular formula is C12H17NO2S. The van der Waals surface area contributed by atoms with Gasteiger partial charge < -0.3 is 10.0 Å². The van der Waals surface area contributed by atoms with Gasteiger partial charge in [0.15, 0.2) is 0 Å². The van der Waals surface area contributed by atoms with Crippen molar-refractivity contribution in [3.63, 3.8) is 0 Å². The molecule has 88 valence electrons. The Balaban J connectivity index is 2.05. The highest BCUT2D eigenvalue weighted by Gasteiger charge is 2.40. The Morgan fingerprint density at radius 3 is 2.94 bits per heavy atom. The second kappa shape index (κ2) is 4.18. The van der Waals surface area contributed by atoms with Gasteiger partial charge in [-0.3, -0.25) is 4.79 Å². The number of likely N-dealkylation sites (tertiary alicyclic amines) is 1. The molecule has 0 bridgehead atoms. The fraction of sp³-hybridized carbons (Fsp3) is 0.583. The molecule has 1 aliphatic heterocycles. The summed E-state index contributed by atoms with van der Waals surface area (Å²) in [4.78, 5) is 15.0. The summed E-state index contributed by atoms with van der Waals surface area (Å²) >= 11 is 1.60. The number of hydrogen-bond acceptors (Lipinski definition) is 3. The molecule has 0 radical (unpaired) electrons. The minimum absolute atomic E-state index is 0.115. The zero-order chi connectivity index (χ0) is 11.8. The van der Waals surface area contributed by atoms with Crippen molar-refractivity contribution in [3.05, 3.63) is 22.4 Å². The van der Waals surface area contributed by atoms with Crippen LogP contribution in [-0.4, -0.2) is 34.1 Å². The maximum atomic E-state index is 12.1. The molecule has 1 aromatic rings. The van der Waals surface area contributed by atoms with E-state index in [9.17, 15) is 9.90 Å². The van der Waals surface area contributed by atoms with Gasteiger partial charge in [-0.25, -0.2) is 0 Å². The Morgan fingerprint density at radius 2 is 2.44 bits per heavy atom. The topological polar surface area (TPSA) is 40.5 Å². The predicted octanol–water partition coefficient (Wildman–Crippen LogP) is 1.66. The fourth-order valence-corrected chi connectivity index (χ4v) is 3.00. The normalized spacial score (nSPS) is 23.7. The summed E-state index contributed by atoms with van der Waals surface area (Å²) in [6.07, 6.45) is 0.749. The van der Waals surface area contributed by atoms with E-state index in [0.29, 0.717) is 19.4 Å². The summed E-state index contributed by atoms with van der Waals surface area (Å²) in [6, 6.07) is 3.93. The molecule has 2 rings (SSSR count). The number of rotatable bonds is 2. The highest BCUT2D eigenvalue weighted by atomic mass is 32.1. The molecule has 4 heteroatoms. The van der Waals surface area contributed by atoms with Crippen molar-refractivity contribution < 1.29 is 9.90 Å². The van der Waals surface area contributed by atoms with Crippen LogP contribution in [0.2, 0.25) is 0 Å².